The van der Waals surface area contributed by atoms with Crippen LogP contribution in [0, 0.1) is 0 Å². The van der Waals surface area contributed by atoms with Gasteiger partial charge in [0.25, 0.3) is 0 Å². The molecular formula is C22H33NO. The van der Waals surface area contributed by atoms with Crippen LogP contribution in [0.25, 0.3) is 11.6 Å². The minimum atomic E-state index is -0.134. The molecule has 0 saturated carbocycles. The average molecular weight is 328 g/mol. The highest BCUT2D eigenvalue weighted by molar-refractivity contribution is 5.85. The second kappa shape index (κ2) is 11.0. The van der Waals surface area contributed by atoms with Gasteiger partial charge in [0.1, 0.15) is 5.78 Å². The second-order valence-electron chi connectivity index (χ2n) is 6.54. The molecule has 0 unspecified atom stereocenters. The maximum atomic E-state index is 12.1. The SMILES string of the molecule is C=Cc1ccccc1/C(=C\C)C[C@H](N[C@@H](C)CCCCC)C(C)=O. The Morgan fingerprint density at radius 2 is 2.00 bits per heavy atom. The second-order valence-corrected chi connectivity index (χ2v) is 6.54. The molecule has 0 spiro atoms. The van der Waals surface area contributed by atoms with Crippen LogP contribution in [0.3, 0.4) is 0 Å². The summed E-state index contributed by atoms with van der Waals surface area (Å²) >= 11 is 0. The zero-order valence-electron chi connectivity index (χ0n) is 15.8. The lowest BCUT2D eigenvalue weighted by atomic mass is 9.92. The molecule has 1 rings (SSSR count). The Morgan fingerprint density at radius 1 is 1.29 bits per heavy atom. The van der Waals surface area contributed by atoms with E-state index in [0.29, 0.717) is 6.04 Å². The minimum Gasteiger partial charge on any atom is -0.305 e. The van der Waals surface area contributed by atoms with Gasteiger partial charge < -0.3 is 5.32 Å². The molecule has 2 atom stereocenters. The lowest BCUT2D eigenvalue weighted by molar-refractivity contribution is -0.119. The Kier molecular flexibility index (Phi) is 9.33. The van der Waals surface area contributed by atoms with Crippen molar-refractivity contribution in [2.45, 2.75) is 71.9 Å². The summed E-state index contributed by atoms with van der Waals surface area (Å²) in [6.07, 6.45) is 9.52. The van der Waals surface area contributed by atoms with Crippen molar-refractivity contribution in [3.05, 3.63) is 48.0 Å². The first-order valence-electron chi connectivity index (χ1n) is 9.16. The molecule has 132 valence electrons. The van der Waals surface area contributed by atoms with Crippen molar-refractivity contribution in [1.29, 1.82) is 0 Å². The van der Waals surface area contributed by atoms with Crippen LogP contribution in [0.15, 0.2) is 36.9 Å². The fraction of sp³-hybridized carbons (Fsp3) is 0.500. The largest absolute Gasteiger partial charge is 0.305 e. The van der Waals surface area contributed by atoms with Crippen LogP contribution >= 0.6 is 0 Å². The quantitative estimate of drug-likeness (QED) is 0.533. The maximum Gasteiger partial charge on any atom is 0.147 e. The molecule has 0 amide bonds. The first-order chi connectivity index (χ1) is 11.5. The molecule has 1 aromatic rings. The minimum absolute atomic E-state index is 0.134. The van der Waals surface area contributed by atoms with Crippen molar-refractivity contribution >= 4 is 17.4 Å². The molecule has 2 nitrogen and oxygen atoms in total. The smallest absolute Gasteiger partial charge is 0.147 e. The third kappa shape index (κ3) is 6.45. The molecule has 0 saturated heterocycles. The Hall–Kier alpha value is -1.67. The highest BCUT2D eigenvalue weighted by Crippen LogP contribution is 2.25. The van der Waals surface area contributed by atoms with E-state index < -0.39 is 0 Å². The highest BCUT2D eigenvalue weighted by atomic mass is 16.1. The average Bonchev–Trinajstić information content (AvgIpc) is 2.58. The number of Topliss-reactive ketones (excluding diaryl/α,β-unsaturated/α-hetero) is 1. The van der Waals surface area contributed by atoms with E-state index in [4.69, 9.17) is 0 Å². The third-order valence-corrected chi connectivity index (χ3v) is 4.52. The van der Waals surface area contributed by atoms with Crippen molar-refractivity contribution in [3.8, 4) is 0 Å². The van der Waals surface area contributed by atoms with Crippen LogP contribution in [-0.2, 0) is 4.79 Å². The molecule has 0 aromatic heterocycles. The molecule has 0 aliphatic rings. The van der Waals surface area contributed by atoms with Gasteiger partial charge in [-0.05, 0) is 50.3 Å². The predicted octanol–water partition coefficient (Wildman–Crippen LogP) is 5.64. The van der Waals surface area contributed by atoms with E-state index in [1.807, 2.05) is 25.1 Å². The van der Waals surface area contributed by atoms with Crippen LogP contribution in [-0.4, -0.2) is 17.9 Å². The van der Waals surface area contributed by atoms with Gasteiger partial charge in [0.15, 0.2) is 0 Å². The van der Waals surface area contributed by atoms with Crippen LogP contribution in [0.2, 0.25) is 0 Å². The van der Waals surface area contributed by atoms with Crippen LogP contribution in [0.4, 0.5) is 0 Å². The Bertz CT molecular complexity index is 559. The van der Waals surface area contributed by atoms with Crippen LogP contribution in [0.1, 0.15) is 70.9 Å². The summed E-state index contributed by atoms with van der Waals surface area (Å²) in [5, 5.41) is 3.53. The van der Waals surface area contributed by atoms with Crippen molar-refractivity contribution in [2.75, 3.05) is 0 Å². The lowest BCUT2D eigenvalue weighted by Gasteiger charge is -2.23. The van der Waals surface area contributed by atoms with Crippen molar-refractivity contribution in [3.63, 3.8) is 0 Å². The van der Waals surface area contributed by atoms with E-state index in [0.717, 1.165) is 18.4 Å². The van der Waals surface area contributed by atoms with E-state index in [-0.39, 0.29) is 11.8 Å². The van der Waals surface area contributed by atoms with Gasteiger partial charge >= 0.3 is 0 Å². The Labute approximate surface area is 148 Å². The molecule has 2 heteroatoms. The molecule has 0 heterocycles. The Balaban J connectivity index is 2.82. The van der Waals surface area contributed by atoms with E-state index >= 15 is 0 Å². The van der Waals surface area contributed by atoms with Crippen molar-refractivity contribution < 1.29 is 4.79 Å². The lowest BCUT2D eigenvalue weighted by Crippen LogP contribution is -2.41. The van der Waals surface area contributed by atoms with Gasteiger partial charge in [-0.25, -0.2) is 0 Å². The zero-order chi connectivity index (χ0) is 17.9. The monoisotopic (exact) mass is 327 g/mol. The number of carbonyl (C=O) groups excluding carboxylic acids is 1. The number of allylic oxidation sites excluding steroid dienone is 1. The van der Waals surface area contributed by atoms with Crippen LogP contribution < -0.4 is 5.32 Å². The molecule has 24 heavy (non-hydrogen) atoms. The van der Waals surface area contributed by atoms with E-state index in [1.165, 1.54) is 30.4 Å². The first-order valence-corrected chi connectivity index (χ1v) is 9.16. The predicted molar refractivity (Wildman–Crippen MR) is 106 cm³/mol. The highest BCUT2D eigenvalue weighted by Gasteiger charge is 2.19. The molecule has 0 bridgehead atoms. The first kappa shape index (κ1) is 20.4. The molecule has 0 aliphatic carbocycles. The number of ketones is 1. The van der Waals surface area contributed by atoms with Crippen LogP contribution in [0.5, 0.6) is 0 Å². The number of hydrogen-bond donors (Lipinski definition) is 1. The molecule has 0 fully saturated rings. The summed E-state index contributed by atoms with van der Waals surface area (Å²) in [5.41, 5.74) is 3.48. The van der Waals surface area contributed by atoms with Crippen molar-refractivity contribution in [2.24, 2.45) is 0 Å². The van der Waals surface area contributed by atoms with Gasteiger partial charge in [-0.3, -0.25) is 4.79 Å². The summed E-state index contributed by atoms with van der Waals surface area (Å²) in [4.78, 5) is 12.1. The molecule has 1 N–H and O–H groups in total. The standard InChI is InChI=1S/C22H33NO/c1-6-9-10-13-17(4)23-22(18(5)24)16-20(8-3)21-15-12-11-14-19(21)7-2/h7-8,11-12,14-15,17,22-23H,2,6,9-10,13,16H2,1,3-5H3/b20-8-/t17-,22-/m0/s1. The zero-order valence-corrected chi connectivity index (χ0v) is 15.8. The third-order valence-electron chi connectivity index (χ3n) is 4.52. The fourth-order valence-electron chi connectivity index (χ4n) is 3.02. The van der Waals surface area contributed by atoms with E-state index in [2.05, 4.69) is 44.0 Å². The maximum absolute atomic E-state index is 12.1. The van der Waals surface area contributed by atoms with Crippen molar-refractivity contribution in [1.82, 2.24) is 5.32 Å². The number of carbonyl (C=O) groups is 1. The summed E-state index contributed by atoms with van der Waals surface area (Å²) in [6.45, 7) is 12.0. The van der Waals surface area contributed by atoms with Gasteiger partial charge in [0.05, 0.1) is 6.04 Å². The van der Waals surface area contributed by atoms with Gasteiger partial charge in [0, 0.05) is 6.04 Å². The number of rotatable bonds is 11. The molecule has 0 radical (unpaired) electrons. The topological polar surface area (TPSA) is 29.1 Å². The number of nitrogens with one attached hydrogen (secondary N) is 1. The Morgan fingerprint density at radius 3 is 2.58 bits per heavy atom. The van der Waals surface area contributed by atoms with Gasteiger partial charge in [-0.1, -0.05) is 69.2 Å². The van der Waals surface area contributed by atoms with Gasteiger partial charge in [-0.2, -0.15) is 0 Å². The normalized spacial score (nSPS) is 14.2. The summed E-state index contributed by atoms with van der Waals surface area (Å²) in [5.74, 6) is 0.202. The summed E-state index contributed by atoms with van der Waals surface area (Å²) < 4.78 is 0. The fourth-order valence-corrected chi connectivity index (χ4v) is 3.02. The molecule has 1 aromatic carbocycles. The van der Waals surface area contributed by atoms with E-state index in [1.54, 1.807) is 6.92 Å². The number of benzene rings is 1. The summed E-state index contributed by atoms with van der Waals surface area (Å²) in [7, 11) is 0. The van der Waals surface area contributed by atoms with E-state index in [9.17, 15) is 4.79 Å². The van der Waals surface area contributed by atoms with Gasteiger partial charge in [0.2, 0.25) is 0 Å². The summed E-state index contributed by atoms with van der Waals surface area (Å²) in [6, 6.07) is 8.45. The number of hydrogen-bond acceptors (Lipinski definition) is 2. The van der Waals surface area contributed by atoms with Gasteiger partial charge in [-0.15, -0.1) is 0 Å². The number of unbranched alkanes of at least 4 members (excludes halogenated alkanes) is 2. The molecular weight excluding hydrogens is 294 g/mol. The molecule has 0 aliphatic heterocycles.